The van der Waals surface area contributed by atoms with Crippen molar-refractivity contribution in [2.24, 2.45) is 0 Å². The number of carboxylic acids is 1. The summed E-state index contributed by atoms with van der Waals surface area (Å²) in [6, 6.07) is 25.4. The summed E-state index contributed by atoms with van der Waals surface area (Å²) in [4.78, 5) is 39.5. The van der Waals surface area contributed by atoms with Crippen molar-refractivity contribution in [1.82, 2.24) is 14.8 Å². The van der Waals surface area contributed by atoms with Gasteiger partial charge in [0, 0.05) is 30.8 Å². The van der Waals surface area contributed by atoms with Gasteiger partial charge in [0.25, 0.3) is 0 Å². The van der Waals surface area contributed by atoms with Crippen molar-refractivity contribution < 1.29 is 24.0 Å². The van der Waals surface area contributed by atoms with Gasteiger partial charge in [-0.3, -0.25) is 14.6 Å². The van der Waals surface area contributed by atoms with Crippen LogP contribution in [0.2, 0.25) is 0 Å². The Hall–Kier alpha value is -4.47. The molecule has 3 aromatic carbocycles. The monoisotopic (exact) mass is 568 g/mol. The van der Waals surface area contributed by atoms with Gasteiger partial charge in [-0.25, -0.2) is 15.3 Å². The van der Waals surface area contributed by atoms with Gasteiger partial charge < -0.3 is 14.4 Å². The van der Waals surface area contributed by atoms with Crippen LogP contribution in [-0.4, -0.2) is 63.5 Å². The number of aliphatic carboxylic acids is 1. The maximum atomic E-state index is 12.8. The lowest BCUT2D eigenvalue weighted by molar-refractivity contribution is -0.160. The topological polar surface area (TPSA) is 108 Å². The Bertz CT molecular complexity index is 1460. The fraction of sp³-hybridized carbons (Fsp3) is 0.303. The number of carboxylic acid groups (broad SMARTS) is 1. The maximum Gasteiger partial charge on any atom is 0.345 e. The molecule has 1 atom stereocenters. The van der Waals surface area contributed by atoms with Crippen LogP contribution >= 0.6 is 0 Å². The highest BCUT2D eigenvalue weighted by Crippen LogP contribution is 2.35. The number of carbonyl (C=O) groups excluding carboxylic acids is 1. The second-order valence-electron chi connectivity index (χ2n) is 10.7. The lowest BCUT2D eigenvalue weighted by atomic mass is 9.90. The van der Waals surface area contributed by atoms with E-state index < -0.39 is 17.5 Å². The summed E-state index contributed by atoms with van der Waals surface area (Å²) in [5, 5.41) is 10.5. The predicted molar refractivity (Wildman–Crippen MR) is 161 cm³/mol. The number of nitrogens with zero attached hydrogens (tertiary/aromatic N) is 3. The summed E-state index contributed by atoms with van der Waals surface area (Å²) in [6.45, 7) is 6.98. The first-order valence-corrected chi connectivity index (χ1v) is 14.1. The Morgan fingerprint density at radius 1 is 0.952 bits per heavy atom. The molecule has 1 aliphatic rings. The standard InChI is InChI=1S/C33H36N4O5/c1-4-33(32(39)40)22-36(21-28(38)42-35-29-23(2)12-11-13-24(29)3)18-19-37(33)20-27-34-30(25-14-7-5-8-15-25)31(41-27)26-16-9-6-10-17-26/h5-17,35H,4,18-22H2,1-3H3,(H,39,40). The Morgan fingerprint density at radius 3 is 2.21 bits per heavy atom. The number of hydrogen-bond acceptors (Lipinski definition) is 8. The molecule has 9 heteroatoms. The molecule has 1 saturated heterocycles. The number of carbonyl (C=O) groups is 2. The number of oxazole rings is 1. The van der Waals surface area contributed by atoms with Crippen LogP contribution in [0.5, 0.6) is 0 Å². The van der Waals surface area contributed by atoms with E-state index in [1.807, 2.05) is 109 Å². The van der Waals surface area contributed by atoms with Crippen molar-refractivity contribution in [3.8, 4) is 22.6 Å². The first-order valence-electron chi connectivity index (χ1n) is 14.1. The third-order valence-corrected chi connectivity index (χ3v) is 7.94. The normalized spacial score (nSPS) is 17.6. The fourth-order valence-corrected chi connectivity index (χ4v) is 5.55. The third kappa shape index (κ3) is 6.07. The van der Waals surface area contributed by atoms with E-state index in [9.17, 15) is 14.7 Å². The van der Waals surface area contributed by atoms with Crippen LogP contribution in [0.15, 0.2) is 83.3 Å². The minimum Gasteiger partial charge on any atom is -0.480 e. The first-order chi connectivity index (χ1) is 20.3. The highest BCUT2D eigenvalue weighted by molar-refractivity contribution is 5.80. The number of benzene rings is 3. The molecule has 0 amide bonds. The van der Waals surface area contributed by atoms with Crippen molar-refractivity contribution in [1.29, 1.82) is 0 Å². The highest BCUT2D eigenvalue weighted by Gasteiger charge is 2.47. The van der Waals surface area contributed by atoms with Crippen LogP contribution in [0, 0.1) is 13.8 Å². The molecule has 0 saturated carbocycles. The zero-order valence-electron chi connectivity index (χ0n) is 24.2. The summed E-state index contributed by atoms with van der Waals surface area (Å²) >= 11 is 0. The highest BCUT2D eigenvalue weighted by atomic mass is 16.7. The van der Waals surface area contributed by atoms with Gasteiger partial charge in [-0.15, -0.1) is 0 Å². The van der Waals surface area contributed by atoms with E-state index in [2.05, 4.69) is 5.48 Å². The number of anilines is 1. The SMILES string of the molecule is CCC1(C(=O)O)CN(CC(=O)ONc2c(C)cccc2C)CCN1Cc1nc(-c2ccccc2)c(-c2ccccc2)o1. The molecular formula is C33H36N4O5. The molecular weight excluding hydrogens is 532 g/mol. The molecule has 5 rings (SSSR count). The van der Waals surface area contributed by atoms with Gasteiger partial charge in [0.05, 0.1) is 18.8 Å². The Balaban J connectivity index is 1.33. The molecule has 2 N–H and O–H groups in total. The van der Waals surface area contributed by atoms with Crippen molar-refractivity contribution in [2.45, 2.75) is 39.3 Å². The second kappa shape index (κ2) is 12.6. The zero-order chi connectivity index (χ0) is 29.7. The molecule has 1 aromatic heterocycles. The van der Waals surface area contributed by atoms with Crippen molar-refractivity contribution in [2.75, 3.05) is 31.7 Å². The van der Waals surface area contributed by atoms with E-state index >= 15 is 0 Å². The van der Waals surface area contributed by atoms with E-state index in [0.29, 0.717) is 36.9 Å². The van der Waals surface area contributed by atoms with E-state index in [0.717, 1.165) is 27.9 Å². The summed E-state index contributed by atoms with van der Waals surface area (Å²) in [5.41, 5.74) is 6.76. The minimum absolute atomic E-state index is 0.0316. The van der Waals surface area contributed by atoms with E-state index in [1.165, 1.54) is 0 Å². The number of nitrogens with one attached hydrogen (secondary N) is 1. The van der Waals surface area contributed by atoms with Crippen LogP contribution in [0.4, 0.5) is 5.69 Å². The number of para-hydroxylation sites is 1. The van der Waals surface area contributed by atoms with E-state index in [1.54, 1.807) is 0 Å². The molecule has 1 fully saturated rings. The van der Waals surface area contributed by atoms with E-state index in [-0.39, 0.29) is 19.6 Å². The third-order valence-electron chi connectivity index (χ3n) is 7.94. The summed E-state index contributed by atoms with van der Waals surface area (Å²) in [5.74, 6) is -0.339. The van der Waals surface area contributed by atoms with Crippen molar-refractivity contribution >= 4 is 17.6 Å². The van der Waals surface area contributed by atoms with Gasteiger partial charge in [0.2, 0.25) is 5.89 Å². The Morgan fingerprint density at radius 2 is 1.60 bits per heavy atom. The number of piperazine rings is 1. The van der Waals surface area contributed by atoms with Gasteiger partial charge in [-0.1, -0.05) is 85.8 Å². The van der Waals surface area contributed by atoms with Gasteiger partial charge >= 0.3 is 11.9 Å². The van der Waals surface area contributed by atoms with E-state index in [4.69, 9.17) is 14.2 Å². The van der Waals surface area contributed by atoms with Crippen molar-refractivity contribution in [3.05, 3.63) is 95.9 Å². The predicted octanol–water partition coefficient (Wildman–Crippen LogP) is 5.55. The fourth-order valence-electron chi connectivity index (χ4n) is 5.55. The van der Waals surface area contributed by atoms with Crippen LogP contribution in [0.3, 0.4) is 0 Å². The van der Waals surface area contributed by atoms with Gasteiger partial charge in [0.15, 0.2) is 5.76 Å². The molecule has 42 heavy (non-hydrogen) atoms. The van der Waals surface area contributed by atoms with Gasteiger partial charge in [0.1, 0.15) is 11.2 Å². The summed E-state index contributed by atoms with van der Waals surface area (Å²) < 4.78 is 6.32. The number of aryl methyl sites for hydroxylation is 2. The van der Waals surface area contributed by atoms with Crippen LogP contribution in [0.25, 0.3) is 22.6 Å². The Kier molecular flexibility index (Phi) is 8.70. The summed E-state index contributed by atoms with van der Waals surface area (Å²) in [7, 11) is 0. The lowest BCUT2D eigenvalue weighted by Gasteiger charge is -2.47. The van der Waals surface area contributed by atoms with Crippen LogP contribution in [0.1, 0.15) is 30.4 Å². The average molecular weight is 569 g/mol. The first kappa shape index (κ1) is 29.0. The number of aromatic nitrogens is 1. The molecule has 218 valence electrons. The molecule has 9 nitrogen and oxygen atoms in total. The molecule has 2 heterocycles. The quantitative estimate of drug-likeness (QED) is 0.238. The van der Waals surface area contributed by atoms with Crippen LogP contribution < -0.4 is 5.48 Å². The lowest BCUT2D eigenvalue weighted by Crippen LogP contribution is -2.66. The summed E-state index contributed by atoms with van der Waals surface area (Å²) in [6.07, 6.45) is 0.340. The van der Waals surface area contributed by atoms with Crippen molar-refractivity contribution in [3.63, 3.8) is 0 Å². The zero-order valence-corrected chi connectivity index (χ0v) is 24.2. The molecule has 1 aliphatic heterocycles. The molecule has 1 unspecified atom stereocenters. The Labute approximate surface area is 245 Å². The minimum atomic E-state index is -1.23. The van der Waals surface area contributed by atoms with Gasteiger partial charge in [-0.2, -0.15) is 0 Å². The molecule has 0 bridgehead atoms. The maximum absolute atomic E-state index is 12.8. The van der Waals surface area contributed by atoms with Gasteiger partial charge in [-0.05, 0) is 31.4 Å². The smallest absolute Gasteiger partial charge is 0.345 e. The average Bonchev–Trinajstić information content (AvgIpc) is 3.42. The molecule has 0 aliphatic carbocycles. The molecule has 4 aromatic rings. The second-order valence-corrected chi connectivity index (χ2v) is 10.7. The number of rotatable bonds is 10. The van der Waals surface area contributed by atoms with Crippen LogP contribution in [-0.2, 0) is 21.0 Å². The molecule has 0 spiro atoms. The molecule has 0 radical (unpaired) electrons. The largest absolute Gasteiger partial charge is 0.480 e. The number of hydrogen-bond donors (Lipinski definition) is 2.